The minimum absolute atomic E-state index is 0.00418. The summed E-state index contributed by atoms with van der Waals surface area (Å²) >= 11 is 0. The van der Waals surface area contributed by atoms with Gasteiger partial charge in [0.25, 0.3) is 0 Å². The Labute approximate surface area is 275 Å². The molecule has 2 amide bonds. The maximum absolute atomic E-state index is 12.1. The van der Waals surface area contributed by atoms with Gasteiger partial charge in [-0.15, -0.1) is 0 Å². The summed E-state index contributed by atoms with van der Waals surface area (Å²) in [7, 11) is 0. The van der Waals surface area contributed by atoms with Crippen LogP contribution in [0, 0.1) is 0 Å². The van der Waals surface area contributed by atoms with Crippen LogP contribution in [0.4, 0.5) is 0 Å². The summed E-state index contributed by atoms with van der Waals surface area (Å²) in [5, 5.41) is 0. The Bertz CT molecular complexity index is 1560. The van der Waals surface area contributed by atoms with Crippen LogP contribution in [-0.4, -0.2) is 34.7 Å². The van der Waals surface area contributed by atoms with Gasteiger partial charge >= 0.3 is 0 Å². The van der Waals surface area contributed by atoms with E-state index in [1.807, 2.05) is 21.9 Å². The molecule has 236 valence electrons. The molecule has 46 heavy (non-hydrogen) atoms. The van der Waals surface area contributed by atoms with E-state index in [9.17, 15) is 9.59 Å². The lowest BCUT2D eigenvalue weighted by molar-refractivity contribution is -0.127. The second kappa shape index (κ2) is 14.6. The normalized spacial score (nSPS) is 17.0. The summed E-state index contributed by atoms with van der Waals surface area (Å²) in [6.07, 6.45) is 2.82. The minimum Gasteiger partial charge on any atom is -0.334 e. The predicted molar refractivity (Wildman–Crippen MR) is 189 cm³/mol. The first-order valence-electron chi connectivity index (χ1n) is 16.4. The van der Waals surface area contributed by atoms with Gasteiger partial charge in [0.15, 0.2) is 0 Å². The van der Waals surface area contributed by atoms with Crippen molar-refractivity contribution >= 4 is 11.8 Å². The molecule has 2 aliphatic rings. The first-order chi connectivity index (χ1) is 22.2. The van der Waals surface area contributed by atoms with E-state index in [-0.39, 0.29) is 23.7 Å². The molecule has 2 aliphatic heterocycles. The van der Waals surface area contributed by atoms with E-state index in [0.29, 0.717) is 38.0 Å². The summed E-state index contributed by atoms with van der Waals surface area (Å²) in [6.45, 7) is 18.9. The molecule has 0 aromatic heterocycles. The first kappa shape index (κ1) is 32.7. The zero-order valence-corrected chi connectivity index (χ0v) is 27.7. The fourth-order valence-corrected chi connectivity index (χ4v) is 6.59. The Morgan fingerprint density at radius 2 is 0.978 bits per heavy atom. The molecule has 0 N–H and O–H groups in total. The molecule has 0 saturated heterocycles. The molecule has 0 spiro atoms. The second-order valence-electron chi connectivity index (χ2n) is 13.0. The highest BCUT2D eigenvalue weighted by Crippen LogP contribution is 2.37. The third-order valence-electron chi connectivity index (χ3n) is 9.33. The van der Waals surface area contributed by atoms with Crippen molar-refractivity contribution in [2.24, 2.45) is 0 Å². The summed E-state index contributed by atoms with van der Waals surface area (Å²) < 4.78 is 0. The Morgan fingerprint density at radius 3 is 1.30 bits per heavy atom. The standard InChI is InChI=1S/2C21H23NO/c2*1-4-21(23)22-13-18-11-10-17(15(2)3)12-19(18)20(14-22)16-8-6-5-7-9-16/h2*4-12,15,20H,1,13-14H2,2-3H3/t2*20-/m10/s1. The van der Waals surface area contributed by atoms with Crippen molar-refractivity contribution in [3.05, 3.63) is 167 Å². The molecule has 0 fully saturated rings. The van der Waals surface area contributed by atoms with Crippen LogP contribution in [0.2, 0.25) is 0 Å². The number of carbonyl (C=O) groups is 2. The van der Waals surface area contributed by atoms with Gasteiger partial charge in [0.2, 0.25) is 11.8 Å². The number of fused-ring (bicyclic) bond motifs is 2. The number of amides is 2. The van der Waals surface area contributed by atoms with Gasteiger partial charge in [-0.25, -0.2) is 0 Å². The highest BCUT2D eigenvalue weighted by atomic mass is 16.2. The van der Waals surface area contributed by atoms with E-state index in [2.05, 4.69) is 126 Å². The van der Waals surface area contributed by atoms with Crippen molar-refractivity contribution in [1.29, 1.82) is 0 Å². The van der Waals surface area contributed by atoms with Crippen molar-refractivity contribution in [3.8, 4) is 0 Å². The van der Waals surface area contributed by atoms with Crippen LogP contribution < -0.4 is 0 Å². The fraction of sp³-hybridized carbons (Fsp3) is 0.286. The third kappa shape index (κ3) is 7.23. The molecular formula is C42H46N2O2. The van der Waals surface area contributed by atoms with Crippen LogP contribution in [0.1, 0.15) is 95.9 Å². The van der Waals surface area contributed by atoms with Crippen LogP contribution in [0.15, 0.2) is 122 Å². The van der Waals surface area contributed by atoms with Gasteiger partial charge < -0.3 is 9.80 Å². The van der Waals surface area contributed by atoms with Gasteiger partial charge in [-0.3, -0.25) is 9.59 Å². The van der Waals surface area contributed by atoms with Crippen molar-refractivity contribution in [2.75, 3.05) is 13.1 Å². The Balaban J connectivity index is 0.000000181. The van der Waals surface area contributed by atoms with Crippen molar-refractivity contribution in [2.45, 2.75) is 64.5 Å². The third-order valence-corrected chi connectivity index (χ3v) is 9.33. The summed E-state index contributed by atoms with van der Waals surface area (Å²) in [5.74, 6) is 1.47. The van der Waals surface area contributed by atoms with Gasteiger partial charge in [0, 0.05) is 38.0 Å². The molecule has 4 heteroatoms. The van der Waals surface area contributed by atoms with E-state index >= 15 is 0 Å². The van der Waals surface area contributed by atoms with E-state index < -0.39 is 0 Å². The molecule has 4 aromatic carbocycles. The van der Waals surface area contributed by atoms with Crippen molar-refractivity contribution < 1.29 is 9.59 Å². The van der Waals surface area contributed by atoms with Crippen molar-refractivity contribution in [1.82, 2.24) is 9.80 Å². The number of nitrogens with zero attached hydrogens (tertiary/aromatic N) is 2. The van der Waals surface area contributed by atoms with Crippen LogP contribution >= 0.6 is 0 Å². The van der Waals surface area contributed by atoms with Crippen LogP contribution in [0.25, 0.3) is 0 Å². The van der Waals surface area contributed by atoms with Crippen LogP contribution in [-0.2, 0) is 22.7 Å². The monoisotopic (exact) mass is 610 g/mol. The number of hydrogen-bond donors (Lipinski definition) is 0. The lowest BCUT2D eigenvalue weighted by Crippen LogP contribution is -2.37. The van der Waals surface area contributed by atoms with E-state index in [1.54, 1.807) is 0 Å². The molecule has 0 radical (unpaired) electrons. The zero-order valence-electron chi connectivity index (χ0n) is 27.7. The topological polar surface area (TPSA) is 40.6 Å². The number of rotatable bonds is 6. The van der Waals surface area contributed by atoms with Gasteiger partial charge in [-0.1, -0.05) is 138 Å². The number of benzene rings is 4. The highest BCUT2D eigenvalue weighted by Gasteiger charge is 2.30. The Hall–Kier alpha value is -4.70. The van der Waals surface area contributed by atoms with Gasteiger partial charge in [-0.05, 0) is 68.5 Å². The SMILES string of the molecule is C=CC(=O)N1Cc2ccc(C(C)C)cc2[C@@H](c2ccccc2)C1.C=CC(=O)N1Cc2ccc(C(C)C)cc2[C@H](c2ccccc2)C1. The zero-order chi connectivity index (χ0) is 32.8. The predicted octanol–water partition coefficient (Wildman–Crippen LogP) is 8.94. The average Bonchev–Trinajstić information content (AvgIpc) is 3.10. The van der Waals surface area contributed by atoms with Crippen molar-refractivity contribution in [3.63, 3.8) is 0 Å². The fourth-order valence-electron chi connectivity index (χ4n) is 6.59. The lowest BCUT2D eigenvalue weighted by Gasteiger charge is -2.35. The number of hydrogen-bond acceptors (Lipinski definition) is 2. The summed E-state index contributed by atoms with van der Waals surface area (Å²) in [6, 6.07) is 34.3. The molecule has 4 aromatic rings. The molecule has 0 saturated carbocycles. The number of carbonyl (C=O) groups excluding carboxylic acids is 2. The molecular weight excluding hydrogens is 564 g/mol. The smallest absolute Gasteiger partial charge is 0.246 e. The molecule has 0 unspecified atom stereocenters. The van der Waals surface area contributed by atoms with Crippen LogP contribution in [0.3, 0.4) is 0 Å². The molecule has 0 bridgehead atoms. The van der Waals surface area contributed by atoms with Gasteiger partial charge in [0.05, 0.1) is 0 Å². The summed E-state index contributed by atoms with van der Waals surface area (Å²) in [5.41, 5.74) is 10.4. The maximum atomic E-state index is 12.1. The lowest BCUT2D eigenvalue weighted by atomic mass is 9.82. The molecule has 6 rings (SSSR count). The minimum atomic E-state index is 0.00418. The van der Waals surface area contributed by atoms with Gasteiger partial charge in [-0.2, -0.15) is 0 Å². The summed E-state index contributed by atoms with van der Waals surface area (Å²) in [4.78, 5) is 28.1. The molecule has 4 nitrogen and oxygen atoms in total. The average molecular weight is 611 g/mol. The first-order valence-corrected chi connectivity index (χ1v) is 16.4. The van der Waals surface area contributed by atoms with E-state index in [1.165, 1.54) is 56.7 Å². The Morgan fingerprint density at radius 1 is 0.609 bits per heavy atom. The maximum Gasteiger partial charge on any atom is 0.246 e. The van der Waals surface area contributed by atoms with Gasteiger partial charge in [0.1, 0.15) is 0 Å². The Kier molecular flexibility index (Phi) is 10.4. The molecule has 0 aliphatic carbocycles. The second-order valence-corrected chi connectivity index (χ2v) is 13.0. The molecule has 2 atom stereocenters. The molecule has 2 heterocycles. The highest BCUT2D eigenvalue weighted by molar-refractivity contribution is 5.87. The largest absolute Gasteiger partial charge is 0.334 e. The van der Waals surface area contributed by atoms with E-state index in [4.69, 9.17) is 0 Å². The quantitative estimate of drug-likeness (QED) is 0.205. The van der Waals surface area contributed by atoms with E-state index in [0.717, 1.165) is 0 Å². The van der Waals surface area contributed by atoms with Crippen LogP contribution in [0.5, 0.6) is 0 Å².